The van der Waals surface area contributed by atoms with Gasteiger partial charge in [-0.1, -0.05) is 29.8 Å². The smallest absolute Gasteiger partial charge is 0.266 e. The number of piperidine rings is 1. The van der Waals surface area contributed by atoms with Gasteiger partial charge in [-0.3, -0.25) is 29.4 Å². The number of fused-ring (bicyclic) bond motifs is 1. The van der Waals surface area contributed by atoms with Crippen LogP contribution in [-0.4, -0.2) is 34.6 Å². The van der Waals surface area contributed by atoms with Crippen LogP contribution in [0.15, 0.2) is 42.5 Å². The minimum atomic E-state index is -1.01. The Kier molecular flexibility index (Phi) is 4.60. The number of carbonyl (C=O) groups excluding carboxylic acids is 4. The van der Waals surface area contributed by atoms with E-state index in [4.69, 9.17) is 16.3 Å². The summed E-state index contributed by atoms with van der Waals surface area (Å²) in [6, 6.07) is 10.8. The van der Waals surface area contributed by atoms with Gasteiger partial charge in [0.15, 0.2) is 0 Å². The summed E-state index contributed by atoms with van der Waals surface area (Å²) in [5, 5.41) is 2.74. The SMILES string of the molecule is O=C1CCC(N2C(=O)c3cccc(OCc4cccc(Cl)c4)c3C2=O)C(=O)N1. The summed E-state index contributed by atoms with van der Waals surface area (Å²) < 4.78 is 5.78. The van der Waals surface area contributed by atoms with Gasteiger partial charge in [0.1, 0.15) is 18.4 Å². The monoisotopic (exact) mass is 398 g/mol. The molecule has 142 valence electrons. The Morgan fingerprint density at radius 2 is 1.86 bits per heavy atom. The number of amides is 4. The van der Waals surface area contributed by atoms with Crippen molar-refractivity contribution in [2.75, 3.05) is 0 Å². The molecular weight excluding hydrogens is 384 g/mol. The molecule has 2 aliphatic heterocycles. The molecular formula is C20H15ClN2O5. The third kappa shape index (κ3) is 3.14. The normalized spacial score (nSPS) is 18.9. The molecule has 2 aromatic carbocycles. The number of hydrogen-bond acceptors (Lipinski definition) is 5. The summed E-state index contributed by atoms with van der Waals surface area (Å²) in [5.41, 5.74) is 1.11. The molecule has 4 rings (SSSR count). The highest BCUT2D eigenvalue weighted by atomic mass is 35.5. The minimum absolute atomic E-state index is 0.0714. The number of nitrogens with zero attached hydrogens (tertiary/aromatic N) is 1. The molecule has 28 heavy (non-hydrogen) atoms. The molecule has 0 saturated carbocycles. The van der Waals surface area contributed by atoms with Gasteiger partial charge >= 0.3 is 0 Å². The highest BCUT2D eigenvalue weighted by Crippen LogP contribution is 2.34. The molecule has 1 N–H and O–H groups in total. The maximum atomic E-state index is 13.0. The number of benzene rings is 2. The predicted molar refractivity (Wildman–Crippen MR) is 98.9 cm³/mol. The van der Waals surface area contributed by atoms with E-state index in [-0.39, 0.29) is 36.3 Å². The number of carbonyl (C=O) groups is 4. The fourth-order valence-corrected chi connectivity index (χ4v) is 3.60. The van der Waals surface area contributed by atoms with Crippen LogP contribution in [0.2, 0.25) is 5.02 Å². The summed E-state index contributed by atoms with van der Waals surface area (Å²) in [5.74, 6) is -1.97. The molecule has 2 aliphatic rings. The average molecular weight is 399 g/mol. The zero-order valence-electron chi connectivity index (χ0n) is 14.6. The first-order valence-electron chi connectivity index (χ1n) is 8.67. The number of imide groups is 2. The molecule has 0 bridgehead atoms. The van der Waals surface area contributed by atoms with Crippen LogP contribution in [0.4, 0.5) is 0 Å². The summed E-state index contributed by atoms with van der Waals surface area (Å²) in [6.45, 7) is 0.164. The van der Waals surface area contributed by atoms with Crippen molar-refractivity contribution in [1.29, 1.82) is 0 Å². The lowest BCUT2D eigenvalue weighted by molar-refractivity contribution is -0.136. The van der Waals surface area contributed by atoms with Gasteiger partial charge < -0.3 is 4.74 Å². The summed E-state index contributed by atoms with van der Waals surface area (Å²) in [7, 11) is 0. The van der Waals surface area contributed by atoms with Gasteiger partial charge in [0, 0.05) is 11.4 Å². The molecule has 0 radical (unpaired) electrons. The number of rotatable bonds is 4. The van der Waals surface area contributed by atoms with Crippen LogP contribution in [0.3, 0.4) is 0 Å². The first kappa shape index (κ1) is 18.2. The third-order valence-electron chi connectivity index (χ3n) is 4.71. The van der Waals surface area contributed by atoms with E-state index in [1.807, 2.05) is 6.07 Å². The van der Waals surface area contributed by atoms with Crippen LogP contribution in [0.5, 0.6) is 5.75 Å². The minimum Gasteiger partial charge on any atom is -0.488 e. The van der Waals surface area contributed by atoms with E-state index in [1.165, 1.54) is 6.07 Å². The Balaban J connectivity index is 1.61. The van der Waals surface area contributed by atoms with Crippen LogP contribution in [-0.2, 0) is 16.2 Å². The van der Waals surface area contributed by atoms with E-state index in [1.54, 1.807) is 30.3 Å². The Morgan fingerprint density at radius 1 is 1.07 bits per heavy atom. The molecule has 1 unspecified atom stereocenters. The molecule has 2 aromatic rings. The van der Waals surface area contributed by atoms with E-state index >= 15 is 0 Å². The van der Waals surface area contributed by atoms with Crippen LogP contribution >= 0.6 is 11.6 Å². The lowest BCUT2D eigenvalue weighted by atomic mass is 10.0. The Bertz CT molecular complexity index is 1020. The second kappa shape index (κ2) is 7.09. The van der Waals surface area contributed by atoms with E-state index in [0.717, 1.165) is 10.5 Å². The number of nitrogens with one attached hydrogen (secondary N) is 1. The first-order chi connectivity index (χ1) is 13.5. The van der Waals surface area contributed by atoms with Crippen LogP contribution in [0, 0.1) is 0 Å². The molecule has 4 amide bonds. The maximum Gasteiger partial charge on any atom is 0.266 e. The average Bonchev–Trinajstić information content (AvgIpc) is 2.92. The third-order valence-corrected chi connectivity index (χ3v) is 4.95. The van der Waals surface area contributed by atoms with Crippen LogP contribution in [0.25, 0.3) is 0 Å². The quantitative estimate of drug-likeness (QED) is 0.798. The second-order valence-corrected chi connectivity index (χ2v) is 6.98. The van der Waals surface area contributed by atoms with E-state index in [2.05, 4.69) is 5.32 Å². The topological polar surface area (TPSA) is 92.8 Å². The molecule has 0 aliphatic carbocycles. The van der Waals surface area contributed by atoms with Crippen molar-refractivity contribution in [3.8, 4) is 5.75 Å². The van der Waals surface area contributed by atoms with Crippen molar-refractivity contribution < 1.29 is 23.9 Å². The molecule has 2 heterocycles. The maximum absolute atomic E-state index is 13.0. The first-order valence-corrected chi connectivity index (χ1v) is 9.05. The molecule has 0 spiro atoms. The standard InChI is InChI=1S/C20H15ClN2O5/c21-12-4-1-3-11(9-12)10-28-15-6-2-5-13-17(15)20(27)23(19(13)26)14-7-8-16(24)22-18(14)25/h1-6,9,14H,7-8,10H2,(H,22,24,25). The molecule has 1 fully saturated rings. The van der Waals surface area contributed by atoms with E-state index in [0.29, 0.717) is 5.02 Å². The summed E-state index contributed by atoms with van der Waals surface area (Å²) in [4.78, 5) is 50.1. The zero-order valence-corrected chi connectivity index (χ0v) is 15.4. The van der Waals surface area contributed by atoms with Crippen molar-refractivity contribution in [3.05, 3.63) is 64.2 Å². The van der Waals surface area contributed by atoms with Gasteiger partial charge in [-0.05, 0) is 36.2 Å². The van der Waals surface area contributed by atoms with Crippen molar-refractivity contribution in [2.24, 2.45) is 0 Å². The predicted octanol–water partition coefficient (Wildman–Crippen LogP) is 2.32. The summed E-state index contributed by atoms with van der Waals surface area (Å²) >= 11 is 5.97. The summed E-state index contributed by atoms with van der Waals surface area (Å²) in [6.07, 6.45) is 0.177. The lowest BCUT2D eigenvalue weighted by Crippen LogP contribution is -2.54. The molecule has 8 heteroatoms. The van der Waals surface area contributed by atoms with Crippen LogP contribution in [0.1, 0.15) is 39.1 Å². The van der Waals surface area contributed by atoms with Crippen molar-refractivity contribution >= 4 is 35.2 Å². The number of ether oxygens (including phenoxy) is 1. The van der Waals surface area contributed by atoms with Gasteiger partial charge in [-0.25, -0.2) is 0 Å². The van der Waals surface area contributed by atoms with Crippen molar-refractivity contribution in [2.45, 2.75) is 25.5 Å². The Morgan fingerprint density at radius 3 is 2.61 bits per heavy atom. The van der Waals surface area contributed by atoms with Gasteiger partial charge in [-0.15, -0.1) is 0 Å². The number of hydrogen-bond donors (Lipinski definition) is 1. The van der Waals surface area contributed by atoms with E-state index in [9.17, 15) is 19.2 Å². The molecule has 1 saturated heterocycles. The molecule has 0 aromatic heterocycles. The van der Waals surface area contributed by atoms with Gasteiger partial charge in [-0.2, -0.15) is 0 Å². The van der Waals surface area contributed by atoms with Gasteiger partial charge in [0.05, 0.1) is 11.1 Å². The second-order valence-electron chi connectivity index (χ2n) is 6.54. The molecule has 1 atom stereocenters. The van der Waals surface area contributed by atoms with Crippen LogP contribution < -0.4 is 10.1 Å². The van der Waals surface area contributed by atoms with Crippen molar-refractivity contribution in [3.63, 3.8) is 0 Å². The van der Waals surface area contributed by atoms with Crippen molar-refractivity contribution in [1.82, 2.24) is 10.2 Å². The van der Waals surface area contributed by atoms with E-state index < -0.39 is 29.7 Å². The van der Waals surface area contributed by atoms with Gasteiger partial charge in [0.2, 0.25) is 11.8 Å². The number of halogens is 1. The lowest BCUT2D eigenvalue weighted by Gasteiger charge is -2.27. The Hall–Kier alpha value is -3.19. The fourth-order valence-electron chi connectivity index (χ4n) is 3.39. The molecule has 7 nitrogen and oxygen atoms in total. The highest BCUT2D eigenvalue weighted by Gasteiger charge is 2.45. The highest BCUT2D eigenvalue weighted by molar-refractivity contribution is 6.30. The van der Waals surface area contributed by atoms with Gasteiger partial charge in [0.25, 0.3) is 11.8 Å². The Labute approximate surface area is 165 Å². The largest absolute Gasteiger partial charge is 0.488 e. The fraction of sp³-hybridized carbons (Fsp3) is 0.200. The zero-order chi connectivity index (χ0) is 19.8.